The Balaban J connectivity index is 1.62. The zero-order chi connectivity index (χ0) is 16.1. The lowest BCUT2D eigenvalue weighted by Crippen LogP contribution is -2.26. The van der Waals surface area contributed by atoms with Crippen LogP contribution in [0, 0.1) is 0 Å². The third kappa shape index (κ3) is 3.87. The molecule has 0 aliphatic rings. The monoisotopic (exact) mass is 373 g/mol. The van der Waals surface area contributed by atoms with Gasteiger partial charge in [0.05, 0.1) is 12.2 Å². The number of likely N-dealkylation sites (N-methyl/N-ethyl adjacent to an activating group) is 1. The first-order valence-electron chi connectivity index (χ1n) is 7.17. The van der Waals surface area contributed by atoms with Gasteiger partial charge in [-0.1, -0.05) is 39.2 Å². The fourth-order valence-corrected chi connectivity index (χ4v) is 2.35. The normalized spacial score (nSPS) is 10.5. The molecule has 0 radical (unpaired) electrons. The van der Waals surface area contributed by atoms with Crippen LogP contribution in [-0.2, 0) is 0 Å². The van der Waals surface area contributed by atoms with Crippen molar-refractivity contribution in [2.24, 2.45) is 0 Å². The predicted octanol–water partition coefficient (Wildman–Crippen LogP) is 2.94. The van der Waals surface area contributed by atoms with Crippen LogP contribution >= 0.6 is 15.9 Å². The molecule has 0 saturated heterocycles. The van der Waals surface area contributed by atoms with Gasteiger partial charge in [0, 0.05) is 11.5 Å². The minimum Gasteiger partial charge on any atom is -0.492 e. The first-order chi connectivity index (χ1) is 11.2. The molecule has 0 fully saturated rings. The molecule has 6 nitrogen and oxygen atoms in total. The van der Waals surface area contributed by atoms with Crippen LogP contribution in [0.3, 0.4) is 0 Å². The Morgan fingerprint density at radius 1 is 1.09 bits per heavy atom. The van der Waals surface area contributed by atoms with Crippen LogP contribution in [0.1, 0.15) is 0 Å². The summed E-state index contributed by atoms with van der Waals surface area (Å²) in [5.41, 5.74) is 0.924. The van der Waals surface area contributed by atoms with E-state index in [1.54, 1.807) is 4.68 Å². The van der Waals surface area contributed by atoms with Crippen molar-refractivity contribution in [3.63, 3.8) is 0 Å². The molecule has 0 N–H and O–H groups in total. The second-order valence-corrected chi connectivity index (χ2v) is 5.87. The molecule has 0 spiro atoms. The Morgan fingerprint density at radius 2 is 1.83 bits per heavy atom. The van der Waals surface area contributed by atoms with E-state index in [-0.39, 0.29) is 0 Å². The molecule has 1 aromatic heterocycles. The summed E-state index contributed by atoms with van der Waals surface area (Å²) >= 11 is 3.40. The summed E-state index contributed by atoms with van der Waals surface area (Å²) in [6, 6.07) is 17.6. The van der Waals surface area contributed by atoms with E-state index < -0.39 is 0 Å². The van der Waals surface area contributed by atoms with Crippen LogP contribution in [-0.4, -0.2) is 40.4 Å². The smallest absolute Gasteiger partial charge is 0.250 e. The fraction of sp³-hybridized carbons (Fsp3) is 0.188. The molecular weight excluding hydrogens is 358 g/mol. The summed E-state index contributed by atoms with van der Waals surface area (Å²) in [5.74, 6) is 1.51. The largest absolute Gasteiger partial charge is 0.492 e. The number of nitrogens with zero attached hydrogens (tertiary/aromatic N) is 5. The number of rotatable bonds is 6. The molecule has 0 aliphatic heterocycles. The highest BCUT2D eigenvalue weighted by Crippen LogP contribution is 2.17. The number of halogens is 1. The van der Waals surface area contributed by atoms with Crippen LogP contribution < -0.4 is 9.64 Å². The number of tetrazole rings is 1. The standard InChI is InChI=1S/C16H16BrN5O/c1-21(11-12-23-15-9-7-13(17)8-10-15)16-18-19-20-22(16)14-5-3-2-4-6-14/h2-10H,11-12H2,1H3. The maximum absolute atomic E-state index is 5.73. The Hall–Kier alpha value is -2.41. The number of anilines is 1. The lowest BCUT2D eigenvalue weighted by molar-refractivity contribution is 0.325. The van der Waals surface area contributed by atoms with Crippen LogP contribution in [0.2, 0.25) is 0 Å². The average molecular weight is 374 g/mol. The molecule has 3 rings (SSSR count). The summed E-state index contributed by atoms with van der Waals surface area (Å²) < 4.78 is 8.47. The van der Waals surface area contributed by atoms with Crippen LogP contribution in [0.5, 0.6) is 5.75 Å². The molecule has 3 aromatic rings. The van der Waals surface area contributed by atoms with E-state index in [4.69, 9.17) is 4.74 Å². The predicted molar refractivity (Wildman–Crippen MR) is 92.1 cm³/mol. The highest BCUT2D eigenvalue weighted by Gasteiger charge is 2.12. The number of para-hydroxylation sites is 1. The zero-order valence-electron chi connectivity index (χ0n) is 12.6. The SMILES string of the molecule is CN(CCOc1ccc(Br)cc1)c1nnnn1-c1ccccc1. The van der Waals surface area contributed by atoms with Gasteiger partial charge in [-0.15, -0.1) is 0 Å². The maximum atomic E-state index is 5.73. The molecule has 23 heavy (non-hydrogen) atoms. The summed E-state index contributed by atoms with van der Waals surface area (Å²) in [4.78, 5) is 1.96. The molecule has 0 atom stereocenters. The minimum absolute atomic E-state index is 0.541. The summed E-state index contributed by atoms with van der Waals surface area (Å²) in [7, 11) is 1.94. The fourth-order valence-electron chi connectivity index (χ4n) is 2.09. The highest BCUT2D eigenvalue weighted by molar-refractivity contribution is 9.10. The van der Waals surface area contributed by atoms with Crippen molar-refractivity contribution in [2.75, 3.05) is 25.1 Å². The molecule has 7 heteroatoms. The van der Waals surface area contributed by atoms with Crippen molar-refractivity contribution in [1.82, 2.24) is 20.2 Å². The number of hydrogen-bond donors (Lipinski definition) is 0. The Kier molecular flexibility index (Phi) is 4.87. The van der Waals surface area contributed by atoms with Crippen LogP contribution in [0.25, 0.3) is 5.69 Å². The summed E-state index contributed by atoms with van der Waals surface area (Å²) in [5, 5.41) is 11.9. The highest BCUT2D eigenvalue weighted by atomic mass is 79.9. The summed E-state index contributed by atoms with van der Waals surface area (Å²) in [6.45, 7) is 1.21. The van der Waals surface area contributed by atoms with E-state index in [1.807, 2.05) is 66.5 Å². The number of hydrogen-bond acceptors (Lipinski definition) is 5. The third-order valence-electron chi connectivity index (χ3n) is 3.30. The van der Waals surface area contributed by atoms with Gasteiger partial charge in [-0.25, -0.2) is 0 Å². The van der Waals surface area contributed by atoms with E-state index in [1.165, 1.54) is 0 Å². The third-order valence-corrected chi connectivity index (χ3v) is 3.83. The molecule has 1 heterocycles. The van der Waals surface area contributed by atoms with Crippen molar-refractivity contribution in [2.45, 2.75) is 0 Å². The maximum Gasteiger partial charge on any atom is 0.250 e. The van der Waals surface area contributed by atoms with Gasteiger partial charge in [-0.3, -0.25) is 0 Å². The molecule has 118 valence electrons. The lowest BCUT2D eigenvalue weighted by atomic mass is 10.3. The van der Waals surface area contributed by atoms with E-state index in [2.05, 4.69) is 31.5 Å². The van der Waals surface area contributed by atoms with Gasteiger partial charge in [0.25, 0.3) is 0 Å². The van der Waals surface area contributed by atoms with Crippen LogP contribution in [0.15, 0.2) is 59.1 Å². The van der Waals surface area contributed by atoms with Gasteiger partial charge in [-0.05, 0) is 46.8 Å². The molecule has 0 saturated carbocycles. The summed E-state index contributed by atoms with van der Waals surface area (Å²) in [6.07, 6.45) is 0. The molecule has 0 unspecified atom stereocenters. The first-order valence-corrected chi connectivity index (χ1v) is 7.96. The van der Waals surface area contributed by atoms with Crippen molar-refractivity contribution in [1.29, 1.82) is 0 Å². The second-order valence-electron chi connectivity index (χ2n) is 4.95. The van der Waals surface area contributed by atoms with E-state index in [0.717, 1.165) is 15.9 Å². The van der Waals surface area contributed by atoms with Gasteiger partial charge < -0.3 is 9.64 Å². The van der Waals surface area contributed by atoms with Gasteiger partial charge >= 0.3 is 0 Å². The Bertz CT molecular complexity index is 745. The number of ether oxygens (including phenoxy) is 1. The molecule has 2 aromatic carbocycles. The van der Waals surface area contributed by atoms with Crippen molar-refractivity contribution >= 4 is 21.9 Å². The van der Waals surface area contributed by atoms with Crippen molar-refractivity contribution in [3.05, 3.63) is 59.1 Å². The molecule has 0 bridgehead atoms. The van der Waals surface area contributed by atoms with E-state index in [0.29, 0.717) is 19.1 Å². The van der Waals surface area contributed by atoms with Crippen molar-refractivity contribution in [3.8, 4) is 11.4 Å². The van der Waals surface area contributed by atoms with Gasteiger partial charge in [0.15, 0.2) is 0 Å². The lowest BCUT2D eigenvalue weighted by Gasteiger charge is -2.18. The Morgan fingerprint density at radius 3 is 2.57 bits per heavy atom. The molecule has 0 aliphatic carbocycles. The van der Waals surface area contributed by atoms with Gasteiger partial charge in [0.1, 0.15) is 12.4 Å². The second kappa shape index (κ2) is 7.23. The first kappa shape index (κ1) is 15.5. The minimum atomic E-state index is 0.541. The average Bonchev–Trinajstić information content (AvgIpc) is 3.07. The van der Waals surface area contributed by atoms with Gasteiger partial charge in [-0.2, -0.15) is 4.68 Å². The zero-order valence-corrected chi connectivity index (χ0v) is 14.2. The van der Waals surface area contributed by atoms with Crippen LogP contribution in [0.4, 0.5) is 5.95 Å². The topological polar surface area (TPSA) is 56.1 Å². The number of benzene rings is 2. The van der Waals surface area contributed by atoms with Gasteiger partial charge in [0.2, 0.25) is 5.95 Å². The quantitative estimate of drug-likeness (QED) is 0.664. The molecule has 0 amide bonds. The Labute approximate surface area is 142 Å². The number of aromatic nitrogens is 4. The van der Waals surface area contributed by atoms with E-state index >= 15 is 0 Å². The molecular formula is C16H16BrN5O. The van der Waals surface area contributed by atoms with Crippen molar-refractivity contribution < 1.29 is 4.74 Å². The van der Waals surface area contributed by atoms with E-state index in [9.17, 15) is 0 Å².